The van der Waals surface area contributed by atoms with Gasteiger partial charge in [0.15, 0.2) is 0 Å². The SMILES string of the molecule is [2H]c1c([2H])c(N(c2ccc3c4ccccc4n(-c4ccccc4)c3c2)c2cccc3ccccc23)c([2H])c([2H])c1-c1ccc2cc(N(c3ccccc3)c3ccc4ccccc4c3)ccc2c1. The summed E-state index contributed by atoms with van der Waals surface area (Å²) < 4.78 is 41.2. The zero-order valence-electron chi connectivity index (χ0n) is 38.2. The number of para-hydroxylation sites is 3. The van der Waals surface area contributed by atoms with E-state index in [0.29, 0.717) is 11.3 Å². The summed E-state index contributed by atoms with van der Waals surface area (Å²) in [5.41, 5.74) is 8.63. The van der Waals surface area contributed by atoms with Crippen molar-refractivity contribution >= 4 is 88.2 Å². The molecule has 0 aliphatic carbocycles. The van der Waals surface area contributed by atoms with Crippen LogP contribution in [-0.2, 0) is 0 Å². The molecule has 0 fully saturated rings. The third-order valence-corrected chi connectivity index (χ3v) is 12.1. The van der Waals surface area contributed by atoms with Crippen LogP contribution in [0.15, 0.2) is 249 Å². The smallest absolute Gasteiger partial charge is 0.0645 e. The Morgan fingerprint density at radius 2 is 0.857 bits per heavy atom. The highest BCUT2D eigenvalue weighted by Gasteiger charge is 2.20. The molecule has 0 unspecified atom stereocenters. The summed E-state index contributed by atoms with van der Waals surface area (Å²) in [6.07, 6.45) is 0. The second-order valence-corrected chi connectivity index (χ2v) is 15.9. The van der Waals surface area contributed by atoms with Crippen molar-refractivity contribution in [2.45, 2.75) is 0 Å². The van der Waals surface area contributed by atoms with Crippen LogP contribution in [0.25, 0.3) is 70.9 Å². The lowest BCUT2D eigenvalue weighted by Crippen LogP contribution is -2.10. The van der Waals surface area contributed by atoms with Gasteiger partial charge in [-0.25, -0.2) is 0 Å². The van der Waals surface area contributed by atoms with E-state index in [1.807, 2.05) is 95.9 Å². The predicted octanol–water partition coefficient (Wildman–Crippen LogP) is 16.8. The Bertz CT molecular complexity index is 3850. The summed E-state index contributed by atoms with van der Waals surface area (Å²) in [7, 11) is 0. The maximum absolute atomic E-state index is 9.80. The maximum Gasteiger partial charge on any atom is 0.0645 e. The van der Waals surface area contributed by atoms with Crippen LogP contribution in [0.1, 0.15) is 5.48 Å². The Hall–Kier alpha value is -8.40. The number of nitrogens with zero attached hydrogens (tertiary/aromatic N) is 3. The van der Waals surface area contributed by atoms with Gasteiger partial charge >= 0.3 is 0 Å². The van der Waals surface area contributed by atoms with E-state index in [-0.39, 0.29) is 35.4 Å². The molecule has 0 saturated heterocycles. The average molecular weight is 808 g/mol. The van der Waals surface area contributed by atoms with Crippen LogP contribution in [0.3, 0.4) is 0 Å². The molecule has 0 radical (unpaired) electrons. The molecule has 0 aliphatic heterocycles. The molecule has 63 heavy (non-hydrogen) atoms. The summed E-state index contributed by atoms with van der Waals surface area (Å²) in [5.74, 6) is 0. The topological polar surface area (TPSA) is 11.4 Å². The van der Waals surface area contributed by atoms with Crippen LogP contribution in [-0.4, -0.2) is 4.57 Å². The van der Waals surface area contributed by atoms with Crippen molar-refractivity contribution in [3.05, 3.63) is 249 Å². The Kier molecular flexibility index (Phi) is 7.84. The molecule has 0 bridgehead atoms. The number of rotatable bonds is 8. The first-order chi connectivity index (χ1) is 32.9. The summed E-state index contributed by atoms with van der Waals surface area (Å²) in [6.45, 7) is 0. The molecule has 0 saturated carbocycles. The number of benzene rings is 11. The van der Waals surface area contributed by atoms with Crippen LogP contribution in [0.4, 0.5) is 34.1 Å². The molecule has 3 nitrogen and oxygen atoms in total. The fraction of sp³-hybridized carbons (Fsp3) is 0. The minimum atomic E-state index is -0.128. The first kappa shape index (κ1) is 32.4. The van der Waals surface area contributed by atoms with Crippen LogP contribution >= 0.6 is 0 Å². The second kappa shape index (κ2) is 15.3. The van der Waals surface area contributed by atoms with Crippen LogP contribution in [0, 0.1) is 0 Å². The van der Waals surface area contributed by atoms with Crippen molar-refractivity contribution in [2.75, 3.05) is 9.80 Å². The highest BCUT2D eigenvalue weighted by molar-refractivity contribution is 6.11. The largest absolute Gasteiger partial charge is 0.310 e. The summed E-state index contributed by atoms with van der Waals surface area (Å²) in [4.78, 5) is 4.16. The van der Waals surface area contributed by atoms with Crippen molar-refractivity contribution in [2.24, 2.45) is 0 Å². The molecule has 11 aromatic carbocycles. The summed E-state index contributed by atoms with van der Waals surface area (Å²) >= 11 is 0. The number of aromatic nitrogens is 1. The average Bonchev–Trinajstić information content (AvgIpc) is 3.71. The molecular weight excluding hydrogens is 763 g/mol. The van der Waals surface area contributed by atoms with Gasteiger partial charge in [0.05, 0.1) is 22.2 Å². The van der Waals surface area contributed by atoms with Crippen molar-refractivity contribution in [1.29, 1.82) is 0 Å². The Morgan fingerprint density at radius 3 is 1.65 bits per heavy atom. The highest BCUT2D eigenvalue weighted by Crippen LogP contribution is 2.43. The van der Waals surface area contributed by atoms with E-state index in [1.54, 1.807) is 0 Å². The predicted molar refractivity (Wildman–Crippen MR) is 268 cm³/mol. The quantitative estimate of drug-likeness (QED) is 0.151. The van der Waals surface area contributed by atoms with Crippen molar-refractivity contribution in [3.8, 4) is 16.8 Å². The van der Waals surface area contributed by atoms with Gasteiger partial charge in [-0.15, -0.1) is 0 Å². The molecule has 12 rings (SSSR count). The highest BCUT2D eigenvalue weighted by atomic mass is 15.1. The molecule has 296 valence electrons. The number of hydrogen-bond donors (Lipinski definition) is 0. The summed E-state index contributed by atoms with van der Waals surface area (Å²) in [6, 6.07) is 76.0. The molecule has 12 aromatic rings. The molecule has 3 heteroatoms. The summed E-state index contributed by atoms with van der Waals surface area (Å²) in [5, 5.41) is 8.36. The normalized spacial score (nSPS) is 12.4. The van der Waals surface area contributed by atoms with Gasteiger partial charge in [-0.1, -0.05) is 158 Å². The fourth-order valence-electron chi connectivity index (χ4n) is 9.18. The monoisotopic (exact) mass is 807 g/mol. The lowest BCUT2D eigenvalue weighted by molar-refractivity contribution is 1.18. The van der Waals surface area contributed by atoms with Gasteiger partial charge in [0.1, 0.15) is 0 Å². The lowest BCUT2D eigenvalue weighted by Gasteiger charge is -2.27. The van der Waals surface area contributed by atoms with E-state index >= 15 is 0 Å². The van der Waals surface area contributed by atoms with Gasteiger partial charge in [-0.2, -0.15) is 0 Å². The molecular formula is C60H41N3. The van der Waals surface area contributed by atoms with Crippen LogP contribution in [0.5, 0.6) is 0 Å². The van der Waals surface area contributed by atoms with Gasteiger partial charge in [-0.05, 0) is 129 Å². The molecule has 1 aromatic heterocycles. The molecule has 0 amide bonds. The van der Waals surface area contributed by atoms with E-state index in [9.17, 15) is 5.48 Å². The number of fused-ring (bicyclic) bond motifs is 6. The number of anilines is 6. The third-order valence-electron chi connectivity index (χ3n) is 12.1. The molecule has 0 spiro atoms. The second-order valence-electron chi connectivity index (χ2n) is 15.9. The van der Waals surface area contributed by atoms with Crippen LogP contribution < -0.4 is 9.80 Å². The molecule has 0 aliphatic rings. The Morgan fingerprint density at radius 1 is 0.302 bits per heavy atom. The first-order valence-electron chi connectivity index (χ1n) is 23.3. The van der Waals surface area contributed by atoms with E-state index in [2.05, 4.69) is 143 Å². The standard InChI is InChI=1S/C60H41N3/c1-3-18-49(19-4-1)61(52-34-30-42-14-7-8-16-45(42)39-52)53-35-31-47-38-46(26-27-48(47)40-53)43-28-32-51(33-29-43)62(58-25-13-17-44-15-9-10-22-55(44)58)54-36-37-57-56-23-11-12-24-59(56)63(60(57)41-54)50-20-5-2-6-21-50/h1-41H/i28D,29D,32D,33D. The molecule has 0 N–H and O–H groups in total. The van der Waals surface area contributed by atoms with Crippen molar-refractivity contribution in [3.63, 3.8) is 0 Å². The Balaban J connectivity index is 1.00. The zero-order chi connectivity index (χ0) is 45.2. The Labute approximate surface area is 372 Å². The number of hydrogen-bond acceptors (Lipinski definition) is 2. The fourth-order valence-corrected chi connectivity index (χ4v) is 9.18. The third kappa shape index (κ3) is 6.46. The van der Waals surface area contributed by atoms with Gasteiger partial charge in [-0.3, -0.25) is 0 Å². The molecule has 0 atom stereocenters. The van der Waals surface area contributed by atoms with Crippen molar-refractivity contribution < 1.29 is 5.48 Å². The maximum atomic E-state index is 9.80. The van der Waals surface area contributed by atoms with Gasteiger partial charge < -0.3 is 14.4 Å². The van der Waals surface area contributed by atoms with Gasteiger partial charge in [0.2, 0.25) is 0 Å². The molecule has 1 heterocycles. The first-order valence-corrected chi connectivity index (χ1v) is 21.3. The van der Waals surface area contributed by atoms with E-state index in [4.69, 9.17) is 0 Å². The van der Waals surface area contributed by atoms with E-state index in [1.165, 1.54) is 5.39 Å². The minimum absolute atomic E-state index is 0.108. The van der Waals surface area contributed by atoms with Crippen LogP contribution in [0.2, 0.25) is 0 Å². The van der Waals surface area contributed by atoms with Gasteiger partial charge in [0.25, 0.3) is 0 Å². The zero-order valence-corrected chi connectivity index (χ0v) is 34.2. The van der Waals surface area contributed by atoms with Gasteiger partial charge in [0, 0.05) is 50.3 Å². The lowest BCUT2D eigenvalue weighted by atomic mass is 9.99. The van der Waals surface area contributed by atoms with Crippen molar-refractivity contribution in [1.82, 2.24) is 4.57 Å². The van der Waals surface area contributed by atoms with E-state index in [0.717, 1.165) is 77.2 Å². The van der Waals surface area contributed by atoms with E-state index < -0.39 is 0 Å². The minimum Gasteiger partial charge on any atom is -0.310 e.